The second-order valence-corrected chi connectivity index (χ2v) is 8.57. The number of nitrogens with one attached hydrogen (secondary N) is 1. The molecule has 0 saturated carbocycles. The molecule has 20 heavy (non-hydrogen) atoms. The van der Waals surface area contributed by atoms with Crippen molar-refractivity contribution >= 4 is 23.5 Å². The van der Waals surface area contributed by atoms with Gasteiger partial charge in [-0.25, -0.2) is 0 Å². The highest BCUT2D eigenvalue weighted by atomic mass is 32.2. The van der Waals surface area contributed by atoms with Gasteiger partial charge < -0.3 is 9.47 Å². The topological polar surface area (TPSA) is 56.5 Å². The highest BCUT2D eigenvalue weighted by Gasteiger charge is 2.43. The summed E-state index contributed by atoms with van der Waals surface area (Å²) in [5, 5.41) is 0.652. The zero-order valence-corrected chi connectivity index (χ0v) is 13.6. The van der Waals surface area contributed by atoms with Crippen LogP contribution in [0.3, 0.4) is 0 Å². The number of ether oxygens (including phenoxy) is 2. The number of hydrogen-bond acceptors (Lipinski definition) is 6. The zero-order valence-electron chi connectivity index (χ0n) is 12.0. The summed E-state index contributed by atoms with van der Waals surface area (Å²) in [5.41, 5.74) is 3.21. The first-order valence-electron chi connectivity index (χ1n) is 7.70. The van der Waals surface area contributed by atoms with E-state index in [0.29, 0.717) is 17.2 Å². The van der Waals surface area contributed by atoms with Crippen LogP contribution < -0.4 is 11.3 Å². The minimum atomic E-state index is 0.0722. The molecular weight excluding hydrogens is 292 g/mol. The molecule has 4 nitrogen and oxygen atoms in total. The van der Waals surface area contributed by atoms with E-state index in [1.165, 1.54) is 17.3 Å². The first-order valence-corrected chi connectivity index (χ1v) is 9.90. The third kappa shape index (κ3) is 3.47. The highest BCUT2D eigenvalue weighted by Crippen LogP contribution is 2.40. The Hall–Kier alpha value is 0.540. The smallest absolute Gasteiger partial charge is 0.0729 e. The number of hydrazine groups is 1. The molecule has 3 saturated heterocycles. The molecule has 3 unspecified atom stereocenters. The average Bonchev–Trinajstić information content (AvgIpc) is 2.50. The first-order chi connectivity index (χ1) is 9.83. The normalized spacial score (nSPS) is 35.9. The number of nitrogens with two attached hydrogens (primary N) is 1. The monoisotopic (exact) mass is 318 g/mol. The van der Waals surface area contributed by atoms with Gasteiger partial charge in [0.2, 0.25) is 0 Å². The second-order valence-electron chi connectivity index (χ2n) is 6.07. The summed E-state index contributed by atoms with van der Waals surface area (Å²) in [5.74, 6) is 10.3. The van der Waals surface area contributed by atoms with Crippen LogP contribution in [-0.4, -0.2) is 54.0 Å². The van der Waals surface area contributed by atoms with E-state index in [-0.39, 0.29) is 5.60 Å². The van der Waals surface area contributed by atoms with Gasteiger partial charge in [-0.05, 0) is 31.6 Å². The molecule has 3 atom stereocenters. The minimum absolute atomic E-state index is 0.0722. The van der Waals surface area contributed by atoms with Gasteiger partial charge in [0.05, 0.1) is 5.60 Å². The third-order valence-corrected chi connectivity index (χ3v) is 7.76. The van der Waals surface area contributed by atoms with Crippen LogP contribution in [0, 0.1) is 5.92 Å². The maximum atomic E-state index is 6.16. The zero-order chi connectivity index (χ0) is 13.8. The first kappa shape index (κ1) is 15.4. The van der Waals surface area contributed by atoms with Crippen molar-refractivity contribution in [2.45, 2.75) is 42.6 Å². The molecule has 3 N–H and O–H groups in total. The Kier molecular flexibility index (Phi) is 5.56. The lowest BCUT2D eigenvalue weighted by atomic mass is 9.77. The standard InChI is InChI=1S/C14H26N2O2S2/c15-16-13(12-10-19-7-8-20-12)11-1-4-18-14(9-11)2-5-17-6-3-14/h11-13,16H,1-10,15H2. The van der Waals surface area contributed by atoms with Crippen molar-refractivity contribution < 1.29 is 9.47 Å². The molecule has 3 rings (SSSR count). The summed E-state index contributed by atoms with van der Waals surface area (Å²) in [7, 11) is 0. The van der Waals surface area contributed by atoms with E-state index < -0.39 is 0 Å². The lowest BCUT2D eigenvalue weighted by Crippen LogP contribution is -2.55. The highest BCUT2D eigenvalue weighted by molar-refractivity contribution is 8.06. The van der Waals surface area contributed by atoms with Crippen LogP contribution in [0.15, 0.2) is 0 Å². The third-order valence-electron chi connectivity index (χ3n) is 4.88. The van der Waals surface area contributed by atoms with Gasteiger partial charge in [0.25, 0.3) is 0 Å². The van der Waals surface area contributed by atoms with E-state index in [1.54, 1.807) is 0 Å². The summed E-state index contributed by atoms with van der Waals surface area (Å²) in [6, 6.07) is 0.427. The summed E-state index contributed by atoms with van der Waals surface area (Å²) < 4.78 is 11.7. The Bertz CT molecular complexity index is 302. The van der Waals surface area contributed by atoms with Crippen LogP contribution >= 0.6 is 23.5 Å². The maximum absolute atomic E-state index is 6.16. The van der Waals surface area contributed by atoms with E-state index in [9.17, 15) is 0 Å². The van der Waals surface area contributed by atoms with E-state index in [2.05, 4.69) is 28.9 Å². The maximum Gasteiger partial charge on any atom is 0.0729 e. The Morgan fingerprint density at radius 1 is 1.20 bits per heavy atom. The van der Waals surface area contributed by atoms with Crippen LogP contribution in [0.1, 0.15) is 25.7 Å². The van der Waals surface area contributed by atoms with Crippen molar-refractivity contribution in [3.05, 3.63) is 0 Å². The van der Waals surface area contributed by atoms with Gasteiger partial charge >= 0.3 is 0 Å². The Labute approximate surface area is 130 Å². The Morgan fingerprint density at radius 3 is 2.75 bits per heavy atom. The lowest BCUT2D eigenvalue weighted by Gasteiger charge is -2.46. The van der Waals surface area contributed by atoms with Crippen molar-refractivity contribution in [3.63, 3.8) is 0 Å². The molecule has 0 aromatic rings. The van der Waals surface area contributed by atoms with E-state index in [1.807, 2.05) is 0 Å². The van der Waals surface area contributed by atoms with Gasteiger partial charge in [-0.15, -0.1) is 0 Å². The molecule has 0 aromatic heterocycles. The van der Waals surface area contributed by atoms with Gasteiger partial charge in [-0.2, -0.15) is 23.5 Å². The van der Waals surface area contributed by atoms with Crippen molar-refractivity contribution in [2.24, 2.45) is 11.8 Å². The predicted molar refractivity (Wildman–Crippen MR) is 86.1 cm³/mol. The van der Waals surface area contributed by atoms with Gasteiger partial charge in [-0.3, -0.25) is 11.3 Å². The Morgan fingerprint density at radius 2 is 2.05 bits per heavy atom. The van der Waals surface area contributed by atoms with Gasteiger partial charge in [0, 0.05) is 48.4 Å². The average molecular weight is 319 g/mol. The molecule has 3 aliphatic heterocycles. The van der Waals surface area contributed by atoms with Gasteiger partial charge in [0.1, 0.15) is 0 Å². The molecule has 1 spiro atoms. The summed E-state index contributed by atoms with van der Waals surface area (Å²) in [6.07, 6.45) is 4.38. The van der Waals surface area contributed by atoms with Gasteiger partial charge in [0.15, 0.2) is 0 Å². The number of hydrogen-bond donors (Lipinski definition) is 2. The Balaban J connectivity index is 1.64. The molecule has 3 aliphatic rings. The van der Waals surface area contributed by atoms with Crippen molar-refractivity contribution in [1.29, 1.82) is 0 Å². The number of thioether (sulfide) groups is 2. The van der Waals surface area contributed by atoms with Crippen LogP contribution in [0.4, 0.5) is 0 Å². The SMILES string of the molecule is NNC(C1CCOC2(CCOCC2)C1)C1CSCCS1. The summed E-state index contributed by atoms with van der Waals surface area (Å²) in [4.78, 5) is 0. The molecule has 3 heterocycles. The molecule has 0 aromatic carbocycles. The van der Waals surface area contributed by atoms with Crippen LogP contribution in [0.5, 0.6) is 0 Å². The fourth-order valence-corrected chi connectivity index (χ4v) is 6.67. The molecule has 0 radical (unpaired) electrons. The van der Waals surface area contributed by atoms with Crippen LogP contribution in [-0.2, 0) is 9.47 Å². The van der Waals surface area contributed by atoms with Crippen molar-refractivity contribution in [2.75, 3.05) is 37.1 Å². The molecule has 0 aliphatic carbocycles. The number of rotatable bonds is 3. The summed E-state index contributed by atoms with van der Waals surface area (Å²) >= 11 is 4.17. The molecule has 116 valence electrons. The lowest BCUT2D eigenvalue weighted by molar-refractivity contribution is -0.150. The quantitative estimate of drug-likeness (QED) is 0.609. The predicted octanol–water partition coefficient (Wildman–Crippen LogP) is 1.64. The molecule has 0 amide bonds. The van der Waals surface area contributed by atoms with Crippen LogP contribution in [0.2, 0.25) is 0 Å². The largest absolute Gasteiger partial charge is 0.381 e. The van der Waals surface area contributed by atoms with E-state index in [0.717, 1.165) is 45.5 Å². The molecule has 3 fully saturated rings. The summed E-state index contributed by atoms with van der Waals surface area (Å²) in [6.45, 7) is 2.58. The fourth-order valence-electron chi connectivity index (χ4n) is 3.72. The molecule has 0 bridgehead atoms. The van der Waals surface area contributed by atoms with E-state index in [4.69, 9.17) is 15.3 Å². The van der Waals surface area contributed by atoms with E-state index >= 15 is 0 Å². The van der Waals surface area contributed by atoms with Crippen molar-refractivity contribution in [3.8, 4) is 0 Å². The van der Waals surface area contributed by atoms with Crippen molar-refractivity contribution in [1.82, 2.24) is 5.43 Å². The van der Waals surface area contributed by atoms with Crippen LogP contribution in [0.25, 0.3) is 0 Å². The minimum Gasteiger partial charge on any atom is -0.381 e. The van der Waals surface area contributed by atoms with Gasteiger partial charge in [-0.1, -0.05) is 0 Å². The fraction of sp³-hybridized carbons (Fsp3) is 1.00. The molecular formula is C14H26N2O2S2. The molecule has 6 heteroatoms. The second kappa shape index (κ2) is 7.20.